The quantitative estimate of drug-likeness (QED) is 0.711. The number of morpholine rings is 1. The van der Waals surface area contributed by atoms with E-state index in [-0.39, 0.29) is 6.03 Å². The summed E-state index contributed by atoms with van der Waals surface area (Å²) in [7, 11) is 0. The first-order chi connectivity index (χ1) is 7.15. The summed E-state index contributed by atoms with van der Waals surface area (Å²) in [4.78, 5) is 15.9. The minimum absolute atomic E-state index is 0.162. The fourth-order valence-electron chi connectivity index (χ4n) is 1.74. The van der Waals surface area contributed by atoms with Crippen LogP contribution in [0.25, 0.3) is 0 Å². The van der Waals surface area contributed by atoms with Crippen LogP contribution in [-0.2, 0) is 4.74 Å². The molecule has 1 fully saturated rings. The number of amides is 2. The van der Waals surface area contributed by atoms with E-state index in [1.807, 2.05) is 16.7 Å². The van der Waals surface area contributed by atoms with Crippen molar-refractivity contribution in [3.05, 3.63) is 0 Å². The fraction of sp³-hybridized carbons (Fsp3) is 0.909. The van der Waals surface area contributed by atoms with Gasteiger partial charge in [0, 0.05) is 26.2 Å². The molecular formula is C11H22N2O2. The molecule has 4 heteroatoms. The molecule has 0 N–H and O–H groups in total. The van der Waals surface area contributed by atoms with Crippen molar-refractivity contribution in [2.45, 2.75) is 20.8 Å². The number of carbonyl (C=O) groups is 1. The number of carbonyl (C=O) groups excluding carboxylic acids is 1. The zero-order chi connectivity index (χ0) is 11.3. The van der Waals surface area contributed by atoms with Crippen LogP contribution in [0.1, 0.15) is 20.8 Å². The SMILES string of the molecule is CCN(CC(C)C)C(=O)N1CCOCC1. The molecule has 4 nitrogen and oxygen atoms in total. The highest BCUT2D eigenvalue weighted by Gasteiger charge is 2.21. The van der Waals surface area contributed by atoms with Crippen molar-refractivity contribution in [1.82, 2.24) is 9.80 Å². The minimum Gasteiger partial charge on any atom is -0.378 e. The van der Waals surface area contributed by atoms with Crippen LogP contribution in [0.4, 0.5) is 4.79 Å². The molecule has 15 heavy (non-hydrogen) atoms. The van der Waals surface area contributed by atoms with Crippen molar-refractivity contribution in [3.8, 4) is 0 Å². The lowest BCUT2D eigenvalue weighted by Gasteiger charge is -2.33. The van der Waals surface area contributed by atoms with Crippen molar-refractivity contribution >= 4 is 6.03 Å². The van der Waals surface area contributed by atoms with Crippen LogP contribution in [0.2, 0.25) is 0 Å². The van der Waals surface area contributed by atoms with Gasteiger partial charge in [0.1, 0.15) is 0 Å². The highest BCUT2D eigenvalue weighted by atomic mass is 16.5. The molecule has 1 aliphatic heterocycles. The molecule has 0 unspecified atom stereocenters. The topological polar surface area (TPSA) is 32.8 Å². The van der Waals surface area contributed by atoms with Crippen LogP contribution < -0.4 is 0 Å². The van der Waals surface area contributed by atoms with E-state index in [0.717, 1.165) is 26.2 Å². The van der Waals surface area contributed by atoms with Gasteiger partial charge >= 0.3 is 6.03 Å². The number of hydrogen-bond acceptors (Lipinski definition) is 2. The Morgan fingerprint density at radius 1 is 1.40 bits per heavy atom. The van der Waals surface area contributed by atoms with Gasteiger partial charge in [-0.05, 0) is 12.8 Å². The van der Waals surface area contributed by atoms with Gasteiger partial charge in [0.25, 0.3) is 0 Å². The number of rotatable bonds is 3. The van der Waals surface area contributed by atoms with Gasteiger partial charge in [0.15, 0.2) is 0 Å². The third kappa shape index (κ3) is 3.70. The van der Waals surface area contributed by atoms with E-state index >= 15 is 0 Å². The predicted molar refractivity (Wildman–Crippen MR) is 59.9 cm³/mol. The van der Waals surface area contributed by atoms with E-state index in [4.69, 9.17) is 4.74 Å². The number of hydrogen-bond donors (Lipinski definition) is 0. The summed E-state index contributed by atoms with van der Waals surface area (Å²) in [5.41, 5.74) is 0. The Balaban J connectivity index is 2.47. The van der Waals surface area contributed by atoms with Crippen LogP contribution >= 0.6 is 0 Å². The zero-order valence-corrected chi connectivity index (χ0v) is 10.0. The van der Waals surface area contributed by atoms with E-state index in [9.17, 15) is 4.79 Å². The molecule has 88 valence electrons. The summed E-state index contributed by atoms with van der Waals surface area (Å²) in [6.45, 7) is 10.7. The Hall–Kier alpha value is -0.770. The van der Waals surface area contributed by atoms with Crippen molar-refractivity contribution in [2.75, 3.05) is 39.4 Å². The Bertz CT molecular complexity index is 201. The molecular weight excluding hydrogens is 192 g/mol. The van der Waals surface area contributed by atoms with Crippen LogP contribution in [-0.4, -0.2) is 55.2 Å². The lowest BCUT2D eigenvalue weighted by atomic mass is 10.2. The van der Waals surface area contributed by atoms with E-state index in [0.29, 0.717) is 19.1 Å². The van der Waals surface area contributed by atoms with Crippen molar-refractivity contribution in [3.63, 3.8) is 0 Å². The van der Waals surface area contributed by atoms with E-state index < -0.39 is 0 Å². The monoisotopic (exact) mass is 214 g/mol. The first-order valence-corrected chi connectivity index (χ1v) is 5.76. The maximum atomic E-state index is 12.1. The van der Waals surface area contributed by atoms with Gasteiger partial charge in [-0.15, -0.1) is 0 Å². The first-order valence-electron chi connectivity index (χ1n) is 5.76. The summed E-state index contributed by atoms with van der Waals surface area (Å²) in [5, 5.41) is 0. The molecule has 0 aromatic carbocycles. The van der Waals surface area contributed by atoms with E-state index in [1.165, 1.54) is 0 Å². The Kier molecular flexibility index (Phi) is 4.88. The minimum atomic E-state index is 0.162. The molecule has 0 bridgehead atoms. The third-order valence-electron chi connectivity index (χ3n) is 2.52. The molecule has 0 aromatic rings. The lowest BCUT2D eigenvalue weighted by molar-refractivity contribution is 0.0428. The summed E-state index contributed by atoms with van der Waals surface area (Å²) in [6, 6.07) is 0.162. The molecule has 1 saturated heterocycles. The molecule has 0 aromatic heterocycles. The zero-order valence-electron chi connectivity index (χ0n) is 10.0. The van der Waals surface area contributed by atoms with E-state index in [2.05, 4.69) is 13.8 Å². The van der Waals surface area contributed by atoms with Gasteiger partial charge in [0.2, 0.25) is 0 Å². The second-order valence-electron chi connectivity index (χ2n) is 4.31. The normalized spacial score (nSPS) is 16.9. The molecule has 0 atom stereocenters. The molecule has 0 saturated carbocycles. The standard InChI is InChI=1S/C11H22N2O2/c1-4-12(9-10(2)3)11(14)13-5-7-15-8-6-13/h10H,4-9H2,1-3H3. The fourth-order valence-corrected chi connectivity index (χ4v) is 1.74. The Morgan fingerprint density at radius 3 is 2.47 bits per heavy atom. The Labute approximate surface area is 92.2 Å². The highest BCUT2D eigenvalue weighted by Crippen LogP contribution is 2.06. The van der Waals surface area contributed by atoms with Crippen LogP contribution in [0.15, 0.2) is 0 Å². The van der Waals surface area contributed by atoms with Crippen molar-refractivity contribution < 1.29 is 9.53 Å². The largest absolute Gasteiger partial charge is 0.378 e. The molecule has 0 radical (unpaired) electrons. The van der Waals surface area contributed by atoms with Crippen LogP contribution in [0.3, 0.4) is 0 Å². The van der Waals surface area contributed by atoms with Gasteiger partial charge in [-0.25, -0.2) is 4.79 Å². The maximum Gasteiger partial charge on any atom is 0.320 e. The molecule has 2 amide bonds. The second-order valence-corrected chi connectivity index (χ2v) is 4.31. The molecule has 1 heterocycles. The number of nitrogens with zero attached hydrogens (tertiary/aromatic N) is 2. The molecule has 1 aliphatic rings. The second kappa shape index (κ2) is 5.95. The smallest absolute Gasteiger partial charge is 0.320 e. The van der Waals surface area contributed by atoms with Crippen LogP contribution in [0.5, 0.6) is 0 Å². The molecule has 0 aliphatic carbocycles. The maximum absolute atomic E-state index is 12.1. The first kappa shape index (κ1) is 12.3. The summed E-state index contributed by atoms with van der Waals surface area (Å²) >= 11 is 0. The van der Waals surface area contributed by atoms with Gasteiger partial charge in [0.05, 0.1) is 13.2 Å². The Morgan fingerprint density at radius 2 is 2.00 bits per heavy atom. The lowest BCUT2D eigenvalue weighted by Crippen LogP contribution is -2.49. The average molecular weight is 214 g/mol. The van der Waals surface area contributed by atoms with E-state index in [1.54, 1.807) is 0 Å². The number of urea groups is 1. The third-order valence-corrected chi connectivity index (χ3v) is 2.52. The summed E-state index contributed by atoms with van der Waals surface area (Å²) < 4.78 is 5.23. The summed E-state index contributed by atoms with van der Waals surface area (Å²) in [6.07, 6.45) is 0. The van der Waals surface area contributed by atoms with Gasteiger partial charge in [-0.1, -0.05) is 13.8 Å². The predicted octanol–water partition coefficient (Wildman–Crippen LogP) is 1.42. The van der Waals surface area contributed by atoms with Crippen LogP contribution in [0, 0.1) is 5.92 Å². The summed E-state index contributed by atoms with van der Waals surface area (Å²) in [5.74, 6) is 0.523. The highest BCUT2D eigenvalue weighted by molar-refractivity contribution is 5.74. The van der Waals surface area contributed by atoms with Crippen molar-refractivity contribution in [1.29, 1.82) is 0 Å². The molecule has 0 spiro atoms. The number of ether oxygens (including phenoxy) is 1. The van der Waals surface area contributed by atoms with Gasteiger partial charge in [-0.2, -0.15) is 0 Å². The van der Waals surface area contributed by atoms with Gasteiger partial charge in [-0.3, -0.25) is 0 Å². The van der Waals surface area contributed by atoms with Gasteiger partial charge < -0.3 is 14.5 Å². The average Bonchev–Trinajstić information content (AvgIpc) is 2.26. The molecule has 1 rings (SSSR count). The van der Waals surface area contributed by atoms with Crippen molar-refractivity contribution in [2.24, 2.45) is 5.92 Å².